The Morgan fingerprint density at radius 2 is 1.93 bits per heavy atom. The van der Waals surface area contributed by atoms with Gasteiger partial charge < -0.3 is 9.88 Å². The molecule has 0 radical (unpaired) electrons. The molecule has 0 atom stereocenters. The third-order valence-corrected chi connectivity index (χ3v) is 4.60. The Balaban J connectivity index is 1.86. The summed E-state index contributed by atoms with van der Waals surface area (Å²) in [5.74, 6) is -0.588. The highest BCUT2D eigenvalue weighted by atomic mass is 35.5. The number of amides is 1. The first-order valence-electron chi connectivity index (χ1n) is 8.36. The zero-order valence-electron chi connectivity index (χ0n) is 14.9. The number of non-ortho nitro benzene ring substituents is 1. The highest BCUT2D eigenvalue weighted by Gasteiger charge is 2.15. The Morgan fingerprint density at radius 3 is 2.61 bits per heavy atom. The number of carbonyl (C=O) groups is 1. The molecule has 1 heterocycles. The minimum absolute atomic E-state index is 0.0349. The number of halogens is 1. The quantitative estimate of drug-likeness (QED) is 0.519. The molecular formula is C20H16ClN3O4. The minimum Gasteiger partial charge on any atom is -0.322 e. The van der Waals surface area contributed by atoms with Gasteiger partial charge in [0.2, 0.25) is 0 Å². The molecule has 0 saturated heterocycles. The summed E-state index contributed by atoms with van der Waals surface area (Å²) in [6.45, 7) is 1.87. The van der Waals surface area contributed by atoms with Gasteiger partial charge in [0.05, 0.1) is 11.5 Å². The van der Waals surface area contributed by atoms with E-state index >= 15 is 0 Å². The van der Waals surface area contributed by atoms with Crippen LogP contribution >= 0.6 is 11.6 Å². The van der Waals surface area contributed by atoms with Gasteiger partial charge in [-0.05, 0) is 42.3 Å². The number of pyridine rings is 1. The lowest BCUT2D eigenvalue weighted by Gasteiger charge is -2.11. The van der Waals surface area contributed by atoms with Gasteiger partial charge in [-0.2, -0.15) is 0 Å². The van der Waals surface area contributed by atoms with Gasteiger partial charge in [0.25, 0.3) is 17.2 Å². The number of nitrogens with zero attached hydrogens (tertiary/aromatic N) is 2. The van der Waals surface area contributed by atoms with E-state index in [-0.39, 0.29) is 17.8 Å². The number of nitro benzene ring substituents is 1. The van der Waals surface area contributed by atoms with Crippen LogP contribution in [0.1, 0.15) is 21.5 Å². The number of aryl methyl sites for hydroxylation is 1. The van der Waals surface area contributed by atoms with E-state index in [9.17, 15) is 19.7 Å². The molecule has 2 aromatic carbocycles. The highest BCUT2D eigenvalue weighted by Crippen LogP contribution is 2.21. The molecule has 0 fully saturated rings. The molecule has 1 N–H and O–H groups in total. The van der Waals surface area contributed by atoms with Crippen molar-refractivity contribution < 1.29 is 9.72 Å². The number of anilines is 1. The number of nitro groups is 1. The third kappa shape index (κ3) is 4.10. The molecule has 0 unspecified atom stereocenters. The molecule has 1 amide bonds. The summed E-state index contributed by atoms with van der Waals surface area (Å²) in [6, 6.07) is 14.3. The average molecular weight is 398 g/mol. The van der Waals surface area contributed by atoms with Crippen LogP contribution in [0.25, 0.3) is 0 Å². The molecule has 0 aliphatic rings. The van der Waals surface area contributed by atoms with Crippen molar-refractivity contribution in [2.75, 3.05) is 5.32 Å². The summed E-state index contributed by atoms with van der Waals surface area (Å²) in [5.41, 5.74) is 1.12. The maximum absolute atomic E-state index is 12.7. The summed E-state index contributed by atoms with van der Waals surface area (Å²) in [7, 11) is 0. The van der Waals surface area contributed by atoms with Gasteiger partial charge in [-0.15, -0.1) is 0 Å². The summed E-state index contributed by atoms with van der Waals surface area (Å²) in [6.07, 6.45) is 1.58. The topological polar surface area (TPSA) is 94.2 Å². The first-order valence-corrected chi connectivity index (χ1v) is 8.74. The molecule has 0 bridgehead atoms. The smallest absolute Gasteiger partial charge is 0.269 e. The van der Waals surface area contributed by atoms with Crippen molar-refractivity contribution in [1.29, 1.82) is 0 Å². The molecule has 142 valence electrons. The van der Waals surface area contributed by atoms with Gasteiger partial charge in [-0.1, -0.05) is 29.8 Å². The van der Waals surface area contributed by atoms with Crippen molar-refractivity contribution in [3.05, 3.63) is 103 Å². The Labute approximate surface area is 165 Å². The molecule has 7 nitrogen and oxygen atoms in total. The van der Waals surface area contributed by atoms with Gasteiger partial charge in [-0.25, -0.2) is 0 Å². The largest absolute Gasteiger partial charge is 0.322 e. The van der Waals surface area contributed by atoms with Gasteiger partial charge in [0.15, 0.2) is 0 Å². The predicted octanol–water partition coefficient (Wildman–Crippen LogP) is 4.02. The molecule has 0 spiro atoms. The molecular weight excluding hydrogens is 382 g/mol. The van der Waals surface area contributed by atoms with E-state index in [1.54, 1.807) is 31.3 Å². The number of hydrogen-bond acceptors (Lipinski definition) is 4. The lowest BCUT2D eigenvalue weighted by Crippen LogP contribution is -2.29. The second kappa shape index (κ2) is 8.06. The number of rotatable bonds is 5. The van der Waals surface area contributed by atoms with Crippen molar-refractivity contribution >= 4 is 28.9 Å². The van der Waals surface area contributed by atoms with Gasteiger partial charge in [0, 0.05) is 29.0 Å². The van der Waals surface area contributed by atoms with Crippen molar-refractivity contribution in [1.82, 2.24) is 4.57 Å². The highest BCUT2D eigenvalue weighted by molar-refractivity contribution is 6.31. The summed E-state index contributed by atoms with van der Waals surface area (Å²) in [5, 5.41) is 14.0. The van der Waals surface area contributed by atoms with Gasteiger partial charge in [-0.3, -0.25) is 19.7 Å². The maximum Gasteiger partial charge on any atom is 0.269 e. The van der Waals surface area contributed by atoms with Crippen LogP contribution in [-0.4, -0.2) is 15.4 Å². The summed E-state index contributed by atoms with van der Waals surface area (Å²) >= 11 is 6.15. The van der Waals surface area contributed by atoms with E-state index < -0.39 is 16.4 Å². The van der Waals surface area contributed by atoms with Crippen LogP contribution in [0.3, 0.4) is 0 Å². The standard InChI is InChI=1S/C20H16ClN3O4/c1-13-11-15(24(27)28)8-9-18(13)22-19(25)16-6-4-10-23(20(16)26)12-14-5-2-3-7-17(14)21/h2-11H,12H2,1H3,(H,22,25). The van der Waals surface area contributed by atoms with Crippen LogP contribution in [0.4, 0.5) is 11.4 Å². The predicted molar refractivity (Wildman–Crippen MR) is 107 cm³/mol. The second-order valence-corrected chi connectivity index (χ2v) is 6.56. The lowest BCUT2D eigenvalue weighted by molar-refractivity contribution is -0.384. The van der Waals surface area contributed by atoms with Crippen LogP contribution in [0.2, 0.25) is 5.02 Å². The van der Waals surface area contributed by atoms with Crippen molar-refractivity contribution in [3.8, 4) is 0 Å². The number of carbonyl (C=O) groups excluding carboxylic acids is 1. The summed E-state index contributed by atoms with van der Waals surface area (Å²) in [4.78, 5) is 35.6. The number of aromatic nitrogens is 1. The molecule has 3 aromatic rings. The first kappa shape index (κ1) is 19.3. The first-order chi connectivity index (χ1) is 13.4. The minimum atomic E-state index is -0.588. The van der Waals surface area contributed by atoms with E-state index in [0.29, 0.717) is 16.3 Å². The van der Waals surface area contributed by atoms with E-state index in [1.807, 2.05) is 12.1 Å². The second-order valence-electron chi connectivity index (χ2n) is 6.16. The fourth-order valence-electron chi connectivity index (χ4n) is 2.74. The lowest BCUT2D eigenvalue weighted by atomic mass is 10.1. The van der Waals surface area contributed by atoms with Crippen LogP contribution in [-0.2, 0) is 6.54 Å². The van der Waals surface area contributed by atoms with Crippen LogP contribution in [0, 0.1) is 17.0 Å². The molecule has 0 aliphatic heterocycles. The molecule has 0 aliphatic carbocycles. The van der Waals surface area contributed by atoms with Gasteiger partial charge >= 0.3 is 0 Å². The zero-order valence-corrected chi connectivity index (χ0v) is 15.6. The fraction of sp³-hybridized carbons (Fsp3) is 0.100. The SMILES string of the molecule is Cc1cc([N+](=O)[O-])ccc1NC(=O)c1cccn(Cc2ccccc2Cl)c1=O. The fourth-order valence-corrected chi connectivity index (χ4v) is 2.93. The monoisotopic (exact) mass is 397 g/mol. The normalized spacial score (nSPS) is 10.5. The van der Waals surface area contributed by atoms with Crippen LogP contribution in [0.5, 0.6) is 0 Å². The van der Waals surface area contributed by atoms with Crippen molar-refractivity contribution in [3.63, 3.8) is 0 Å². The number of hydrogen-bond donors (Lipinski definition) is 1. The Kier molecular flexibility index (Phi) is 5.56. The number of benzene rings is 2. The molecule has 3 rings (SSSR count). The molecule has 0 saturated carbocycles. The van der Waals surface area contributed by atoms with E-state index in [1.165, 1.54) is 28.8 Å². The van der Waals surface area contributed by atoms with E-state index in [4.69, 9.17) is 11.6 Å². The third-order valence-electron chi connectivity index (χ3n) is 4.23. The molecule has 28 heavy (non-hydrogen) atoms. The van der Waals surface area contributed by atoms with Crippen molar-refractivity contribution in [2.24, 2.45) is 0 Å². The zero-order chi connectivity index (χ0) is 20.3. The van der Waals surface area contributed by atoms with Crippen LogP contribution in [0.15, 0.2) is 65.6 Å². The Morgan fingerprint density at radius 1 is 1.18 bits per heavy atom. The Bertz CT molecular complexity index is 1120. The maximum atomic E-state index is 12.7. The molecule has 8 heteroatoms. The summed E-state index contributed by atoms with van der Waals surface area (Å²) < 4.78 is 1.40. The number of nitrogens with one attached hydrogen (secondary N) is 1. The van der Waals surface area contributed by atoms with E-state index in [2.05, 4.69) is 5.32 Å². The average Bonchev–Trinajstić information content (AvgIpc) is 2.66. The Hall–Kier alpha value is -3.45. The van der Waals surface area contributed by atoms with Crippen LogP contribution < -0.4 is 10.9 Å². The van der Waals surface area contributed by atoms with E-state index in [0.717, 1.165) is 5.56 Å². The van der Waals surface area contributed by atoms with Gasteiger partial charge in [0.1, 0.15) is 5.56 Å². The molecule has 1 aromatic heterocycles. The van der Waals surface area contributed by atoms with Crippen molar-refractivity contribution in [2.45, 2.75) is 13.5 Å².